The van der Waals surface area contributed by atoms with E-state index in [0.717, 1.165) is 31.9 Å². The predicted molar refractivity (Wildman–Crippen MR) is 66.8 cm³/mol. The molecule has 5 heteroatoms. The Morgan fingerprint density at radius 3 is 2.59 bits per heavy atom. The molecule has 17 heavy (non-hydrogen) atoms. The molecule has 1 aliphatic rings. The summed E-state index contributed by atoms with van der Waals surface area (Å²) in [5.74, 6) is 0.0253. The predicted octanol–water partition coefficient (Wildman–Crippen LogP) is 0.360. The molecule has 92 valence electrons. The third-order valence-corrected chi connectivity index (χ3v) is 3.16. The number of anilines is 1. The average molecular weight is 234 g/mol. The molecule has 0 radical (unpaired) electrons. The summed E-state index contributed by atoms with van der Waals surface area (Å²) < 4.78 is 0. The zero-order chi connectivity index (χ0) is 12.4. The Morgan fingerprint density at radius 2 is 2.00 bits per heavy atom. The van der Waals surface area contributed by atoms with Crippen molar-refractivity contribution in [2.24, 2.45) is 0 Å². The average Bonchev–Trinajstić information content (AvgIpc) is 2.33. The first-order chi connectivity index (χ1) is 8.08. The smallest absolute Gasteiger partial charge is 0.255 e. The molecule has 1 fully saturated rings. The molecule has 0 bridgehead atoms. The number of carbonyl (C=O) groups is 1. The lowest BCUT2D eigenvalue weighted by Gasteiger charge is -2.32. The Kier molecular flexibility index (Phi) is 3.28. The number of aryl methyl sites for hydroxylation is 1. The Hall–Kier alpha value is -1.62. The first-order valence-electron chi connectivity index (χ1n) is 5.78. The fourth-order valence-electron chi connectivity index (χ4n) is 1.86. The summed E-state index contributed by atoms with van der Waals surface area (Å²) in [6, 6.07) is 1.71. The molecule has 0 saturated carbocycles. The molecular formula is C12H18N4O. The number of rotatable bonds is 1. The van der Waals surface area contributed by atoms with Crippen molar-refractivity contribution >= 4 is 11.6 Å². The number of piperazine rings is 1. The molecular weight excluding hydrogens is 216 g/mol. The Bertz CT molecular complexity index is 425. The second-order valence-electron chi connectivity index (χ2n) is 4.49. The first-order valence-corrected chi connectivity index (χ1v) is 5.78. The normalized spacial score (nSPS) is 17.2. The lowest BCUT2D eigenvalue weighted by atomic mass is 10.2. The van der Waals surface area contributed by atoms with Crippen LogP contribution in [-0.2, 0) is 0 Å². The van der Waals surface area contributed by atoms with E-state index in [-0.39, 0.29) is 5.91 Å². The van der Waals surface area contributed by atoms with Gasteiger partial charge in [-0.1, -0.05) is 0 Å². The summed E-state index contributed by atoms with van der Waals surface area (Å²) in [7, 11) is 2.06. The molecule has 1 amide bonds. The van der Waals surface area contributed by atoms with Crippen LogP contribution in [0.4, 0.5) is 5.69 Å². The minimum absolute atomic E-state index is 0.0253. The van der Waals surface area contributed by atoms with Crippen LogP contribution in [0.1, 0.15) is 16.1 Å². The minimum atomic E-state index is 0.0253. The van der Waals surface area contributed by atoms with Crippen LogP contribution >= 0.6 is 0 Å². The molecule has 1 aromatic heterocycles. The van der Waals surface area contributed by atoms with E-state index in [4.69, 9.17) is 5.73 Å². The summed E-state index contributed by atoms with van der Waals surface area (Å²) >= 11 is 0. The maximum atomic E-state index is 12.2. The molecule has 0 unspecified atom stereocenters. The Balaban J connectivity index is 2.11. The topological polar surface area (TPSA) is 62.5 Å². The van der Waals surface area contributed by atoms with Gasteiger partial charge >= 0.3 is 0 Å². The molecule has 0 atom stereocenters. The third kappa shape index (κ3) is 2.55. The fourth-order valence-corrected chi connectivity index (χ4v) is 1.86. The highest BCUT2D eigenvalue weighted by atomic mass is 16.2. The molecule has 2 rings (SSSR count). The maximum absolute atomic E-state index is 12.2. The number of nitrogens with zero attached hydrogens (tertiary/aromatic N) is 3. The second kappa shape index (κ2) is 4.71. The van der Waals surface area contributed by atoms with Gasteiger partial charge < -0.3 is 15.5 Å². The first kappa shape index (κ1) is 11.9. The number of nitrogens with two attached hydrogens (primary N) is 1. The van der Waals surface area contributed by atoms with Gasteiger partial charge in [-0.25, -0.2) is 0 Å². The lowest BCUT2D eigenvalue weighted by Crippen LogP contribution is -2.47. The SMILES string of the molecule is Cc1ncc(C(=O)N2CCN(C)CC2)cc1N. The van der Waals surface area contributed by atoms with E-state index in [9.17, 15) is 4.79 Å². The molecule has 1 aromatic rings. The largest absolute Gasteiger partial charge is 0.397 e. The van der Waals surface area contributed by atoms with Gasteiger partial charge in [-0.05, 0) is 20.0 Å². The van der Waals surface area contributed by atoms with Crippen molar-refractivity contribution in [1.82, 2.24) is 14.8 Å². The highest BCUT2D eigenvalue weighted by Crippen LogP contribution is 2.13. The maximum Gasteiger partial charge on any atom is 0.255 e. The van der Waals surface area contributed by atoms with E-state index in [1.807, 2.05) is 11.8 Å². The number of carbonyl (C=O) groups excluding carboxylic acids is 1. The summed E-state index contributed by atoms with van der Waals surface area (Å²) in [6.45, 7) is 5.20. The monoisotopic (exact) mass is 234 g/mol. The Morgan fingerprint density at radius 1 is 1.35 bits per heavy atom. The number of aromatic nitrogens is 1. The van der Waals surface area contributed by atoms with E-state index in [1.165, 1.54) is 0 Å². The van der Waals surface area contributed by atoms with Crippen molar-refractivity contribution in [3.8, 4) is 0 Å². The van der Waals surface area contributed by atoms with E-state index < -0.39 is 0 Å². The number of hydrogen-bond acceptors (Lipinski definition) is 4. The summed E-state index contributed by atoms with van der Waals surface area (Å²) in [4.78, 5) is 20.4. The standard InChI is InChI=1S/C12H18N4O/c1-9-11(13)7-10(8-14-9)12(17)16-5-3-15(2)4-6-16/h7-8H,3-6,13H2,1-2H3. The summed E-state index contributed by atoms with van der Waals surface area (Å²) in [5.41, 5.74) is 7.69. The molecule has 5 nitrogen and oxygen atoms in total. The van der Waals surface area contributed by atoms with Crippen LogP contribution in [0.3, 0.4) is 0 Å². The van der Waals surface area contributed by atoms with Gasteiger partial charge in [0.2, 0.25) is 0 Å². The van der Waals surface area contributed by atoms with Crippen molar-refractivity contribution < 1.29 is 4.79 Å². The zero-order valence-corrected chi connectivity index (χ0v) is 10.3. The molecule has 2 heterocycles. The van der Waals surface area contributed by atoms with Crippen LogP contribution in [0, 0.1) is 6.92 Å². The summed E-state index contributed by atoms with van der Waals surface area (Å²) in [6.07, 6.45) is 1.60. The fraction of sp³-hybridized carbons (Fsp3) is 0.500. The quantitative estimate of drug-likeness (QED) is 0.762. The van der Waals surface area contributed by atoms with Gasteiger partial charge in [0, 0.05) is 32.4 Å². The van der Waals surface area contributed by atoms with Gasteiger partial charge in [-0.2, -0.15) is 0 Å². The van der Waals surface area contributed by atoms with Gasteiger partial charge in [0.15, 0.2) is 0 Å². The molecule has 2 N–H and O–H groups in total. The Labute approximate surface area is 101 Å². The van der Waals surface area contributed by atoms with Crippen molar-refractivity contribution in [2.75, 3.05) is 39.0 Å². The minimum Gasteiger partial charge on any atom is -0.397 e. The molecule has 1 saturated heterocycles. The second-order valence-corrected chi connectivity index (χ2v) is 4.49. The van der Waals surface area contributed by atoms with Crippen LogP contribution < -0.4 is 5.73 Å². The van der Waals surface area contributed by atoms with Gasteiger partial charge in [-0.15, -0.1) is 0 Å². The number of amides is 1. The van der Waals surface area contributed by atoms with Crippen molar-refractivity contribution in [3.63, 3.8) is 0 Å². The van der Waals surface area contributed by atoms with E-state index in [0.29, 0.717) is 11.3 Å². The van der Waals surface area contributed by atoms with E-state index in [1.54, 1.807) is 12.3 Å². The molecule has 0 spiro atoms. The lowest BCUT2D eigenvalue weighted by molar-refractivity contribution is 0.0663. The summed E-state index contributed by atoms with van der Waals surface area (Å²) in [5, 5.41) is 0. The molecule has 0 aliphatic carbocycles. The van der Waals surface area contributed by atoms with Crippen LogP contribution in [0.5, 0.6) is 0 Å². The van der Waals surface area contributed by atoms with Crippen LogP contribution in [-0.4, -0.2) is 53.9 Å². The number of likely N-dealkylation sites (N-methyl/N-ethyl adjacent to an activating group) is 1. The van der Waals surface area contributed by atoms with Gasteiger partial charge in [0.1, 0.15) is 0 Å². The van der Waals surface area contributed by atoms with Gasteiger partial charge in [-0.3, -0.25) is 9.78 Å². The van der Waals surface area contributed by atoms with E-state index in [2.05, 4.69) is 16.9 Å². The van der Waals surface area contributed by atoms with Crippen molar-refractivity contribution in [2.45, 2.75) is 6.92 Å². The molecule has 1 aliphatic heterocycles. The third-order valence-electron chi connectivity index (χ3n) is 3.16. The van der Waals surface area contributed by atoms with Crippen LogP contribution in [0.15, 0.2) is 12.3 Å². The zero-order valence-electron chi connectivity index (χ0n) is 10.3. The number of hydrogen-bond donors (Lipinski definition) is 1. The highest BCUT2D eigenvalue weighted by molar-refractivity contribution is 5.94. The highest BCUT2D eigenvalue weighted by Gasteiger charge is 2.20. The van der Waals surface area contributed by atoms with Gasteiger partial charge in [0.25, 0.3) is 5.91 Å². The molecule has 0 aromatic carbocycles. The van der Waals surface area contributed by atoms with Gasteiger partial charge in [0.05, 0.1) is 16.9 Å². The van der Waals surface area contributed by atoms with Crippen LogP contribution in [0.2, 0.25) is 0 Å². The number of nitrogen functional groups attached to an aromatic ring is 1. The van der Waals surface area contributed by atoms with Crippen LogP contribution in [0.25, 0.3) is 0 Å². The van der Waals surface area contributed by atoms with Crippen molar-refractivity contribution in [1.29, 1.82) is 0 Å². The van der Waals surface area contributed by atoms with E-state index >= 15 is 0 Å². The van der Waals surface area contributed by atoms with Crippen molar-refractivity contribution in [3.05, 3.63) is 23.5 Å². The number of pyridine rings is 1.